The second-order valence-corrected chi connectivity index (χ2v) is 4.62. The van der Waals surface area contributed by atoms with Crippen LogP contribution in [0.15, 0.2) is 43.0 Å². The molecule has 1 aromatic carbocycles. The Balaban J connectivity index is 2.20. The van der Waals surface area contributed by atoms with Crippen molar-refractivity contribution in [2.24, 2.45) is 0 Å². The minimum absolute atomic E-state index is 0.253. The molecule has 21 heavy (non-hydrogen) atoms. The number of aryl methyl sites for hydroxylation is 2. The lowest BCUT2D eigenvalue weighted by Gasteiger charge is -2.09. The average Bonchev–Trinajstić information content (AvgIpc) is 2.47. The second-order valence-electron chi connectivity index (χ2n) is 4.62. The van der Waals surface area contributed by atoms with Gasteiger partial charge >= 0.3 is 0 Å². The molecule has 0 atom stereocenters. The van der Waals surface area contributed by atoms with Crippen molar-refractivity contribution in [1.29, 1.82) is 0 Å². The summed E-state index contributed by atoms with van der Waals surface area (Å²) in [4.78, 5) is 20.7. The van der Waals surface area contributed by atoms with Crippen LogP contribution < -0.4 is 10.6 Å². The number of carbonyl (C=O) groups excluding carboxylic acids is 1. The minimum atomic E-state index is -0.253. The molecule has 2 rings (SSSR count). The molecule has 2 N–H and O–H groups in total. The van der Waals surface area contributed by atoms with Crippen LogP contribution in [0.3, 0.4) is 0 Å². The molecule has 5 heteroatoms. The molecule has 0 saturated heterocycles. The monoisotopic (exact) mass is 282 g/mol. The highest BCUT2D eigenvalue weighted by atomic mass is 16.1. The third-order valence-corrected chi connectivity index (χ3v) is 2.89. The number of hydrogen-bond donors (Lipinski definition) is 2. The number of para-hydroxylation sites is 1. The normalized spacial score (nSPS) is 10.0. The molecule has 0 saturated carbocycles. The van der Waals surface area contributed by atoms with Gasteiger partial charge in [-0.3, -0.25) is 4.79 Å². The first kappa shape index (κ1) is 14.7. The molecule has 0 aliphatic carbocycles. The molecule has 0 radical (unpaired) electrons. The van der Waals surface area contributed by atoms with E-state index in [2.05, 4.69) is 27.2 Å². The number of rotatable bonds is 5. The van der Waals surface area contributed by atoms with Gasteiger partial charge in [-0.2, -0.15) is 0 Å². The van der Waals surface area contributed by atoms with Crippen LogP contribution in [0.4, 0.5) is 11.5 Å². The molecular weight excluding hydrogens is 264 g/mol. The van der Waals surface area contributed by atoms with E-state index in [9.17, 15) is 4.79 Å². The smallest absolute Gasteiger partial charge is 0.274 e. The highest BCUT2D eigenvalue weighted by Crippen LogP contribution is 2.15. The van der Waals surface area contributed by atoms with Gasteiger partial charge in [0, 0.05) is 18.3 Å². The van der Waals surface area contributed by atoms with E-state index in [4.69, 9.17) is 0 Å². The summed E-state index contributed by atoms with van der Waals surface area (Å²) in [7, 11) is 0. The van der Waals surface area contributed by atoms with E-state index in [1.165, 1.54) is 0 Å². The predicted molar refractivity (Wildman–Crippen MR) is 84.6 cm³/mol. The molecule has 108 valence electrons. The average molecular weight is 282 g/mol. The van der Waals surface area contributed by atoms with Crippen molar-refractivity contribution in [2.75, 3.05) is 17.2 Å². The number of aromatic nitrogens is 2. The van der Waals surface area contributed by atoms with Gasteiger partial charge in [0.15, 0.2) is 0 Å². The summed E-state index contributed by atoms with van der Waals surface area (Å²) in [6, 6.07) is 9.24. The Morgan fingerprint density at radius 2 is 2.05 bits per heavy atom. The SMILES string of the molecule is C=CCNc1cc(C(=O)Nc2ccccc2C)nc(C)n1. The lowest BCUT2D eigenvalue weighted by molar-refractivity contribution is 0.102. The molecule has 0 aliphatic heterocycles. The zero-order valence-electron chi connectivity index (χ0n) is 12.2. The second kappa shape index (κ2) is 6.65. The number of benzene rings is 1. The quantitative estimate of drug-likeness (QED) is 0.827. The van der Waals surface area contributed by atoms with E-state index in [-0.39, 0.29) is 5.91 Å². The van der Waals surface area contributed by atoms with E-state index in [0.717, 1.165) is 11.3 Å². The zero-order valence-corrected chi connectivity index (χ0v) is 12.2. The molecule has 0 spiro atoms. The summed E-state index contributed by atoms with van der Waals surface area (Å²) in [6.07, 6.45) is 1.73. The van der Waals surface area contributed by atoms with E-state index >= 15 is 0 Å². The Hall–Kier alpha value is -2.69. The molecule has 1 aromatic heterocycles. The highest BCUT2D eigenvalue weighted by molar-refractivity contribution is 6.03. The van der Waals surface area contributed by atoms with Crippen molar-refractivity contribution >= 4 is 17.4 Å². The van der Waals surface area contributed by atoms with Gasteiger partial charge in [0.2, 0.25) is 0 Å². The molecule has 0 bridgehead atoms. The van der Waals surface area contributed by atoms with Gasteiger partial charge in [-0.1, -0.05) is 24.3 Å². The van der Waals surface area contributed by atoms with E-state index < -0.39 is 0 Å². The van der Waals surface area contributed by atoms with Crippen LogP contribution in [-0.2, 0) is 0 Å². The van der Waals surface area contributed by atoms with Crippen LogP contribution in [0.5, 0.6) is 0 Å². The summed E-state index contributed by atoms with van der Waals surface area (Å²) in [5.41, 5.74) is 2.11. The standard InChI is InChI=1S/C16H18N4O/c1-4-9-17-15-10-14(18-12(3)19-15)16(21)20-13-8-6-5-7-11(13)2/h4-8,10H,1,9H2,2-3H3,(H,20,21)(H,17,18,19). The fourth-order valence-electron chi connectivity index (χ4n) is 1.85. The highest BCUT2D eigenvalue weighted by Gasteiger charge is 2.11. The van der Waals surface area contributed by atoms with E-state index in [1.54, 1.807) is 19.1 Å². The topological polar surface area (TPSA) is 66.9 Å². The molecule has 0 unspecified atom stereocenters. The summed E-state index contributed by atoms with van der Waals surface area (Å²) >= 11 is 0. The Morgan fingerprint density at radius 3 is 2.76 bits per heavy atom. The lowest BCUT2D eigenvalue weighted by Crippen LogP contribution is -2.16. The maximum atomic E-state index is 12.3. The van der Waals surface area contributed by atoms with Crippen molar-refractivity contribution in [3.8, 4) is 0 Å². The van der Waals surface area contributed by atoms with E-state index in [1.807, 2.05) is 31.2 Å². The zero-order chi connectivity index (χ0) is 15.2. The Morgan fingerprint density at radius 1 is 1.29 bits per heavy atom. The van der Waals surface area contributed by atoms with Gasteiger partial charge in [0.05, 0.1) is 0 Å². The maximum absolute atomic E-state index is 12.3. The van der Waals surface area contributed by atoms with Crippen LogP contribution in [0, 0.1) is 13.8 Å². The summed E-state index contributed by atoms with van der Waals surface area (Å²) in [6.45, 7) is 7.91. The Bertz CT molecular complexity index is 667. The molecule has 2 aromatic rings. The lowest BCUT2D eigenvalue weighted by atomic mass is 10.2. The number of carbonyl (C=O) groups is 1. The summed E-state index contributed by atoms with van der Waals surface area (Å²) in [5.74, 6) is 0.896. The van der Waals surface area contributed by atoms with Crippen molar-refractivity contribution in [3.05, 3.63) is 60.1 Å². The molecule has 0 fully saturated rings. The van der Waals surface area contributed by atoms with Crippen LogP contribution in [0.2, 0.25) is 0 Å². The van der Waals surface area contributed by atoms with Crippen molar-refractivity contribution in [2.45, 2.75) is 13.8 Å². The van der Waals surface area contributed by atoms with Gasteiger partial charge in [-0.25, -0.2) is 9.97 Å². The minimum Gasteiger partial charge on any atom is -0.366 e. The van der Waals surface area contributed by atoms with Gasteiger partial charge < -0.3 is 10.6 Å². The maximum Gasteiger partial charge on any atom is 0.274 e. The molecule has 1 amide bonds. The Kier molecular flexibility index (Phi) is 4.66. The fourth-order valence-corrected chi connectivity index (χ4v) is 1.85. The third-order valence-electron chi connectivity index (χ3n) is 2.89. The fraction of sp³-hybridized carbons (Fsp3) is 0.188. The van der Waals surface area contributed by atoms with Crippen molar-refractivity contribution in [3.63, 3.8) is 0 Å². The molecule has 0 aliphatic rings. The number of hydrogen-bond acceptors (Lipinski definition) is 4. The number of nitrogens with zero attached hydrogens (tertiary/aromatic N) is 2. The van der Waals surface area contributed by atoms with Crippen LogP contribution >= 0.6 is 0 Å². The van der Waals surface area contributed by atoms with E-state index in [0.29, 0.717) is 23.9 Å². The van der Waals surface area contributed by atoms with Crippen molar-refractivity contribution < 1.29 is 4.79 Å². The summed E-state index contributed by atoms with van der Waals surface area (Å²) < 4.78 is 0. The van der Waals surface area contributed by atoms with Gasteiger partial charge in [-0.15, -0.1) is 6.58 Å². The first-order valence-electron chi connectivity index (χ1n) is 6.67. The van der Waals surface area contributed by atoms with Crippen molar-refractivity contribution in [1.82, 2.24) is 9.97 Å². The van der Waals surface area contributed by atoms with Crippen LogP contribution in [-0.4, -0.2) is 22.4 Å². The molecular formula is C16H18N4O. The largest absolute Gasteiger partial charge is 0.366 e. The molecule has 1 heterocycles. The van der Waals surface area contributed by atoms with Crippen LogP contribution in [0.1, 0.15) is 21.9 Å². The third kappa shape index (κ3) is 3.89. The first-order valence-corrected chi connectivity index (χ1v) is 6.67. The predicted octanol–water partition coefficient (Wildman–Crippen LogP) is 2.94. The first-order chi connectivity index (χ1) is 10.1. The van der Waals surface area contributed by atoms with Gasteiger partial charge in [0.25, 0.3) is 5.91 Å². The number of anilines is 2. The number of amides is 1. The summed E-state index contributed by atoms with van der Waals surface area (Å²) in [5, 5.41) is 5.92. The van der Waals surface area contributed by atoms with Gasteiger partial charge in [-0.05, 0) is 25.5 Å². The van der Waals surface area contributed by atoms with Gasteiger partial charge in [0.1, 0.15) is 17.3 Å². The van der Waals surface area contributed by atoms with Crippen LogP contribution in [0.25, 0.3) is 0 Å². The number of nitrogens with one attached hydrogen (secondary N) is 2. The molecule has 5 nitrogen and oxygen atoms in total. The Labute approximate surface area is 124 Å².